The van der Waals surface area contributed by atoms with Gasteiger partial charge in [-0.15, -0.1) is 0 Å². The number of aliphatic hydroxyl groups is 1. The lowest BCUT2D eigenvalue weighted by Crippen LogP contribution is -2.40. The van der Waals surface area contributed by atoms with E-state index in [9.17, 15) is 21.9 Å². The number of ether oxygens (including phenoxy) is 2. The number of rotatable bonds is 8. The Hall–Kier alpha value is -2.10. The molecule has 0 aliphatic carbocycles. The van der Waals surface area contributed by atoms with Gasteiger partial charge in [0.25, 0.3) is 0 Å². The van der Waals surface area contributed by atoms with Gasteiger partial charge in [-0.05, 0) is 55.5 Å². The predicted octanol–water partition coefficient (Wildman–Crippen LogP) is 1.70. The third kappa shape index (κ3) is 5.44. The highest BCUT2D eigenvalue weighted by atomic mass is 32.2. The van der Waals surface area contributed by atoms with Gasteiger partial charge in [-0.25, -0.2) is 16.8 Å². The van der Waals surface area contributed by atoms with Crippen LogP contribution in [0.25, 0.3) is 0 Å². The summed E-state index contributed by atoms with van der Waals surface area (Å²) < 4.78 is 60.1. The summed E-state index contributed by atoms with van der Waals surface area (Å²) in [6.45, 7) is 1.19. The molecule has 0 saturated carbocycles. The Kier molecular flexibility index (Phi) is 6.18. The van der Waals surface area contributed by atoms with E-state index >= 15 is 0 Å². The SMILES string of the molecule is COc1ccc(S(=O)(=O)CC(C)(O)CS(=O)(=O)c2ccc(OC)cc2)cc1. The van der Waals surface area contributed by atoms with Gasteiger partial charge < -0.3 is 14.6 Å². The Balaban J connectivity index is 2.20. The lowest BCUT2D eigenvalue weighted by atomic mass is 10.2. The van der Waals surface area contributed by atoms with Gasteiger partial charge in [0.2, 0.25) is 0 Å². The fourth-order valence-electron chi connectivity index (χ4n) is 2.59. The highest BCUT2D eigenvalue weighted by Crippen LogP contribution is 2.24. The molecule has 0 atom stereocenters. The van der Waals surface area contributed by atoms with E-state index in [1.807, 2.05) is 0 Å². The summed E-state index contributed by atoms with van der Waals surface area (Å²) in [6.07, 6.45) is 0. The molecule has 0 aromatic heterocycles. The van der Waals surface area contributed by atoms with Crippen molar-refractivity contribution in [3.63, 3.8) is 0 Å². The summed E-state index contributed by atoms with van der Waals surface area (Å²) in [7, 11) is -4.88. The van der Waals surface area contributed by atoms with Crippen molar-refractivity contribution in [3.8, 4) is 11.5 Å². The van der Waals surface area contributed by atoms with Crippen molar-refractivity contribution in [3.05, 3.63) is 48.5 Å². The molecule has 0 spiro atoms. The summed E-state index contributed by atoms with van der Waals surface area (Å²) in [5, 5.41) is 10.5. The van der Waals surface area contributed by atoms with Crippen LogP contribution < -0.4 is 9.47 Å². The van der Waals surface area contributed by atoms with Crippen molar-refractivity contribution in [2.24, 2.45) is 0 Å². The second kappa shape index (κ2) is 7.87. The Morgan fingerprint density at radius 3 is 1.30 bits per heavy atom. The molecule has 0 radical (unpaired) electrons. The van der Waals surface area contributed by atoms with Gasteiger partial charge >= 0.3 is 0 Å². The minimum Gasteiger partial charge on any atom is -0.497 e. The number of hydrogen-bond donors (Lipinski definition) is 1. The molecule has 0 saturated heterocycles. The van der Waals surface area contributed by atoms with Crippen LogP contribution in [-0.2, 0) is 19.7 Å². The normalized spacial score (nSPS) is 12.6. The fourth-order valence-corrected chi connectivity index (χ4v) is 6.00. The van der Waals surface area contributed by atoms with Crippen LogP contribution in [0.4, 0.5) is 0 Å². The Bertz CT molecular complexity index is 894. The van der Waals surface area contributed by atoms with E-state index in [2.05, 4.69) is 0 Å². The van der Waals surface area contributed by atoms with Crippen molar-refractivity contribution >= 4 is 19.7 Å². The van der Waals surface area contributed by atoms with E-state index in [0.29, 0.717) is 11.5 Å². The van der Waals surface area contributed by atoms with Crippen molar-refractivity contribution in [2.75, 3.05) is 25.7 Å². The third-order valence-electron chi connectivity index (χ3n) is 3.84. The smallest absolute Gasteiger partial charge is 0.181 e. The summed E-state index contributed by atoms with van der Waals surface area (Å²) >= 11 is 0. The zero-order chi connectivity index (χ0) is 20.3. The lowest BCUT2D eigenvalue weighted by Gasteiger charge is -2.23. The first-order valence-electron chi connectivity index (χ1n) is 7.95. The van der Waals surface area contributed by atoms with Crippen molar-refractivity contribution in [1.29, 1.82) is 0 Å². The largest absolute Gasteiger partial charge is 0.497 e. The number of methoxy groups -OCH3 is 2. The van der Waals surface area contributed by atoms with Gasteiger partial charge in [0, 0.05) is 0 Å². The molecule has 27 heavy (non-hydrogen) atoms. The third-order valence-corrected chi connectivity index (χ3v) is 7.82. The molecular weight excluding hydrogens is 392 g/mol. The van der Waals surface area contributed by atoms with E-state index in [4.69, 9.17) is 9.47 Å². The summed E-state index contributed by atoms with van der Waals surface area (Å²) in [5.74, 6) is -0.491. The zero-order valence-corrected chi connectivity index (χ0v) is 16.9. The standard InChI is InChI=1S/C18H22O7S2/c1-18(19,12-26(20,21)16-8-4-14(24-2)5-9-16)13-27(22,23)17-10-6-15(25-3)7-11-17/h4-11,19H,12-13H2,1-3H3. The van der Waals surface area contributed by atoms with E-state index in [1.54, 1.807) is 0 Å². The van der Waals surface area contributed by atoms with E-state index in [0.717, 1.165) is 0 Å². The molecule has 0 amide bonds. The molecule has 0 fully saturated rings. The molecule has 9 heteroatoms. The van der Waals surface area contributed by atoms with Crippen LogP contribution in [0.15, 0.2) is 58.3 Å². The highest BCUT2D eigenvalue weighted by molar-refractivity contribution is 7.92. The van der Waals surface area contributed by atoms with Gasteiger partial charge in [-0.3, -0.25) is 0 Å². The summed E-state index contributed by atoms with van der Waals surface area (Å²) in [6, 6.07) is 11.3. The van der Waals surface area contributed by atoms with Crippen molar-refractivity contribution in [1.82, 2.24) is 0 Å². The molecule has 7 nitrogen and oxygen atoms in total. The van der Waals surface area contributed by atoms with Gasteiger partial charge in [0.15, 0.2) is 19.7 Å². The molecule has 0 unspecified atom stereocenters. The van der Waals surface area contributed by atoms with Crippen molar-refractivity contribution < 1.29 is 31.4 Å². The Labute approximate surface area is 159 Å². The molecular formula is C18H22O7S2. The quantitative estimate of drug-likeness (QED) is 0.700. The van der Waals surface area contributed by atoms with Crippen LogP contribution >= 0.6 is 0 Å². The summed E-state index contributed by atoms with van der Waals surface area (Å²) in [4.78, 5) is -0.0455. The number of sulfone groups is 2. The van der Waals surface area contributed by atoms with Crippen LogP contribution in [0, 0.1) is 0 Å². The molecule has 1 N–H and O–H groups in total. The van der Waals surface area contributed by atoms with Crippen molar-refractivity contribution in [2.45, 2.75) is 22.3 Å². The lowest BCUT2D eigenvalue weighted by molar-refractivity contribution is 0.108. The number of hydrogen-bond acceptors (Lipinski definition) is 7. The zero-order valence-electron chi connectivity index (χ0n) is 15.2. The Morgan fingerprint density at radius 2 is 1.04 bits per heavy atom. The molecule has 2 aromatic rings. The minimum atomic E-state index is -3.90. The van der Waals surface area contributed by atoms with Crippen LogP contribution in [0.5, 0.6) is 11.5 Å². The molecule has 0 heterocycles. The van der Waals surface area contributed by atoms with Gasteiger partial charge in [0.1, 0.15) is 11.5 Å². The first kappa shape index (κ1) is 21.2. The molecule has 2 rings (SSSR count). The van der Waals surface area contributed by atoms with E-state index in [1.165, 1.54) is 69.7 Å². The maximum atomic E-state index is 12.5. The topological polar surface area (TPSA) is 107 Å². The van der Waals surface area contributed by atoms with E-state index in [-0.39, 0.29) is 9.79 Å². The maximum Gasteiger partial charge on any atom is 0.181 e. The highest BCUT2D eigenvalue weighted by Gasteiger charge is 2.35. The number of benzene rings is 2. The van der Waals surface area contributed by atoms with Gasteiger partial charge in [-0.2, -0.15) is 0 Å². The van der Waals surface area contributed by atoms with Crippen LogP contribution in [-0.4, -0.2) is 53.3 Å². The molecule has 148 valence electrons. The molecule has 0 aliphatic heterocycles. The predicted molar refractivity (Wildman–Crippen MR) is 101 cm³/mol. The fraction of sp³-hybridized carbons (Fsp3) is 0.333. The van der Waals surface area contributed by atoms with Gasteiger partial charge in [-0.1, -0.05) is 0 Å². The van der Waals surface area contributed by atoms with Crippen LogP contribution in [0.1, 0.15) is 6.92 Å². The second-order valence-corrected chi connectivity index (χ2v) is 10.3. The monoisotopic (exact) mass is 414 g/mol. The minimum absolute atomic E-state index is 0.0228. The molecule has 0 bridgehead atoms. The average Bonchev–Trinajstić information content (AvgIpc) is 2.60. The average molecular weight is 415 g/mol. The molecule has 2 aromatic carbocycles. The van der Waals surface area contributed by atoms with Crippen LogP contribution in [0.2, 0.25) is 0 Å². The van der Waals surface area contributed by atoms with E-state index < -0.39 is 36.8 Å². The summed E-state index contributed by atoms with van der Waals surface area (Å²) in [5.41, 5.74) is -1.97. The second-order valence-electron chi connectivity index (χ2n) is 6.37. The Morgan fingerprint density at radius 1 is 0.741 bits per heavy atom. The first-order chi connectivity index (χ1) is 12.5. The van der Waals surface area contributed by atoms with Crippen LogP contribution in [0.3, 0.4) is 0 Å². The first-order valence-corrected chi connectivity index (χ1v) is 11.3. The molecule has 0 aliphatic rings. The maximum absolute atomic E-state index is 12.5. The van der Waals surface area contributed by atoms with Gasteiger partial charge in [0.05, 0.1) is 41.1 Å².